The van der Waals surface area contributed by atoms with Crippen LogP contribution in [0.1, 0.15) is 20.3 Å². The van der Waals surface area contributed by atoms with Crippen LogP contribution in [-0.2, 0) is 0 Å². The number of aliphatic hydroxyl groups is 1. The summed E-state index contributed by atoms with van der Waals surface area (Å²) in [6, 6.07) is 5.07. The largest absolute Gasteiger partial charge is 0.396 e. The number of hydrogen-bond donors (Lipinski definition) is 3. The van der Waals surface area contributed by atoms with Gasteiger partial charge in [0.2, 0.25) is 0 Å². The third-order valence-corrected chi connectivity index (χ3v) is 3.44. The van der Waals surface area contributed by atoms with Gasteiger partial charge in [0.1, 0.15) is 0 Å². The fraction of sp³-hybridized carbons (Fsp3) is 0.533. The van der Waals surface area contributed by atoms with E-state index < -0.39 is 0 Å². The fourth-order valence-corrected chi connectivity index (χ4v) is 2.05. The van der Waals surface area contributed by atoms with Crippen LogP contribution in [0.4, 0.5) is 16.2 Å². The fourth-order valence-electron chi connectivity index (χ4n) is 1.88. The Hall–Kier alpha value is -1.46. The highest BCUT2D eigenvalue weighted by molar-refractivity contribution is 6.31. The number of benzene rings is 1. The summed E-state index contributed by atoms with van der Waals surface area (Å²) >= 11 is 5.98. The summed E-state index contributed by atoms with van der Waals surface area (Å²) in [5, 5.41) is 15.2. The van der Waals surface area contributed by atoms with E-state index in [-0.39, 0.29) is 18.1 Å². The molecule has 0 unspecified atom stereocenters. The van der Waals surface area contributed by atoms with Crippen molar-refractivity contribution in [3.63, 3.8) is 0 Å². The number of carbonyl (C=O) groups is 1. The Balaban J connectivity index is 2.69. The Morgan fingerprint density at radius 2 is 2.05 bits per heavy atom. The molecule has 2 amide bonds. The summed E-state index contributed by atoms with van der Waals surface area (Å²) in [5.74, 6) is 0. The molecule has 21 heavy (non-hydrogen) atoms. The molecule has 0 aliphatic rings. The first-order chi connectivity index (χ1) is 9.75. The van der Waals surface area contributed by atoms with Crippen LogP contribution in [0.15, 0.2) is 18.2 Å². The Labute approximate surface area is 131 Å². The van der Waals surface area contributed by atoms with Crippen molar-refractivity contribution in [1.82, 2.24) is 5.32 Å². The van der Waals surface area contributed by atoms with Crippen molar-refractivity contribution in [2.45, 2.75) is 20.3 Å². The molecule has 0 aliphatic heterocycles. The molecule has 0 aromatic heterocycles. The Morgan fingerprint density at radius 1 is 1.38 bits per heavy atom. The van der Waals surface area contributed by atoms with E-state index in [1.807, 2.05) is 38.9 Å². The molecule has 6 heteroatoms. The SMILES string of the molecule is CN(C)c1ccc(Cl)cc1NC(=O)NCC(C)(C)CCO. The Morgan fingerprint density at radius 3 is 2.62 bits per heavy atom. The number of nitrogens with zero attached hydrogens (tertiary/aromatic N) is 1. The average Bonchev–Trinajstić information content (AvgIpc) is 2.36. The van der Waals surface area contributed by atoms with Gasteiger partial charge in [-0.2, -0.15) is 0 Å². The van der Waals surface area contributed by atoms with Gasteiger partial charge in [-0.15, -0.1) is 0 Å². The van der Waals surface area contributed by atoms with Crippen LogP contribution < -0.4 is 15.5 Å². The molecule has 0 saturated heterocycles. The molecule has 0 bridgehead atoms. The van der Waals surface area contributed by atoms with Gasteiger partial charge in [0.15, 0.2) is 0 Å². The number of urea groups is 1. The summed E-state index contributed by atoms with van der Waals surface area (Å²) < 4.78 is 0. The van der Waals surface area contributed by atoms with Crippen molar-refractivity contribution in [3.8, 4) is 0 Å². The molecule has 3 N–H and O–H groups in total. The third-order valence-electron chi connectivity index (χ3n) is 3.20. The highest BCUT2D eigenvalue weighted by atomic mass is 35.5. The smallest absolute Gasteiger partial charge is 0.319 e. The van der Waals surface area contributed by atoms with Crippen LogP contribution >= 0.6 is 11.6 Å². The molecule has 0 spiro atoms. The summed E-state index contributed by atoms with van der Waals surface area (Å²) in [6.45, 7) is 4.58. The zero-order valence-electron chi connectivity index (χ0n) is 13.0. The van der Waals surface area contributed by atoms with Gasteiger partial charge >= 0.3 is 6.03 Å². The molecule has 0 fully saturated rings. The highest BCUT2D eigenvalue weighted by Crippen LogP contribution is 2.27. The van der Waals surface area contributed by atoms with E-state index >= 15 is 0 Å². The van der Waals surface area contributed by atoms with Gasteiger partial charge in [-0.05, 0) is 30.0 Å². The lowest BCUT2D eigenvalue weighted by Crippen LogP contribution is -2.37. The molecule has 1 aromatic rings. The zero-order chi connectivity index (χ0) is 16.0. The topological polar surface area (TPSA) is 64.6 Å². The van der Waals surface area contributed by atoms with Crippen molar-refractivity contribution in [1.29, 1.82) is 0 Å². The number of aliphatic hydroxyl groups excluding tert-OH is 1. The van der Waals surface area contributed by atoms with Gasteiger partial charge < -0.3 is 20.6 Å². The van der Waals surface area contributed by atoms with E-state index in [9.17, 15) is 4.79 Å². The molecular formula is C15H24ClN3O2. The minimum atomic E-state index is -0.286. The molecule has 0 heterocycles. The summed E-state index contributed by atoms with van der Waals surface area (Å²) in [7, 11) is 3.80. The van der Waals surface area contributed by atoms with Gasteiger partial charge in [0, 0.05) is 32.3 Å². The van der Waals surface area contributed by atoms with E-state index in [0.29, 0.717) is 23.7 Å². The van der Waals surface area contributed by atoms with Crippen LogP contribution in [0.25, 0.3) is 0 Å². The van der Waals surface area contributed by atoms with Gasteiger partial charge in [0.25, 0.3) is 0 Å². The number of anilines is 2. The first kappa shape index (κ1) is 17.6. The number of halogens is 1. The lowest BCUT2D eigenvalue weighted by atomic mass is 9.90. The van der Waals surface area contributed by atoms with Gasteiger partial charge in [-0.25, -0.2) is 4.79 Å². The maximum Gasteiger partial charge on any atom is 0.319 e. The van der Waals surface area contributed by atoms with Gasteiger partial charge in [-0.3, -0.25) is 0 Å². The second kappa shape index (κ2) is 7.52. The first-order valence-electron chi connectivity index (χ1n) is 6.88. The van der Waals surface area contributed by atoms with E-state index in [1.165, 1.54) is 0 Å². The standard InChI is InChI=1S/C15H24ClN3O2/c1-15(2,7-8-20)10-17-14(21)18-12-9-11(16)5-6-13(12)19(3)4/h5-6,9,20H,7-8,10H2,1-4H3,(H2,17,18,21). The molecular weight excluding hydrogens is 290 g/mol. The van der Waals surface area contributed by atoms with Crippen molar-refractivity contribution in [2.75, 3.05) is 37.5 Å². The number of nitrogens with one attached hydrogen (secondary N) is 2. The van der Waals surface area contributed by atoms with Crippen LogP contribution in [0, 0.1) is 5.41 Å². The number of rotatable bonds is 6. The predicted molar refractivity (Wildman–Crippen MR) is 88.3 cm³/mol. The molecule has 0 atom stereocenters. The lowest BCUT2D eigenvalue weighted by molar-refractivity contribution is 0.204. The molecule has 5 nitrogen and oxygen atoms in total. The quantitative estimate of drug-likeness (QED) is 0.756. The van der Waals surface area contributed by atoms with Crippen LogP contribution in [0.5, 0.6) is 0 Å². The van der Waals surface area contributed by atoms with E-state index in [1.54, 1.807) is 12.1 Å². The van der Waals surface area contributed by atoms with Crippen molar-refractivity contribution in [3.05, 3.63) is 23.2 Å². The zero-order valence-corrected chi connectivity index (χ0v) is 13.8. The van der Waals surface area contributed by atoms with Gasteiger partial charge in [-0.1, -0.05) is 25.4 Å². The molecule has 118 valence electrons. The van der Waals surface area contributed by atoms with Gasteiger partial charge in [0.05, 0.1) is 11.4 Å². The number of carbonyl (C=O) groups excluding carboxylic acids is 1. The summed E-state index contributed by atoms with van der Waals surface area (Å²) in [6.07, 6.45) is 0.632. The second-order valence-corrected chi connectivity index (χ2v) is 6.44. The van der Waals surface area contributed by atoms with E-state index in [2.05, 4.69) is 10.6 Å². The monoisotopic (exact) mass is 313 g/mol. The Bertz CT molecular complexity index is 490. The summed E-state index contributed by atoms with van der Waals surface area (Å²) in [5.41, 5.74) is 1.39. The molecule has 0 radical (unpaired) electrons. The minimum absolute atomic E-state index is 0.107. The maximum atomic E-state index is 12.0. The maximum absolute atomic E-state index is 12.0. The van der Waals surface area contributed by atoms with Crippen molar-refractivity contribution < 1.29 is 9.90 Å². The molecule has 1 aromatic carbocycles. The average molecular weight is 314 g/mol. The number of amides is 2. The first-order valence-corrected chi connectivity index (χ1v) is 7.25. The lowest BCUT2D eigenvalue weighted by Gasteiger charge is -2.24. The van der Waals surface area contributed by atoms with Crippen molar-refractivity contribution >= 4 is 29.0 Å². The minimum Gasteiger partial charge on any atom is -0.396 e. The summed E-state index contributed by atoms with van der Waals surface area (Å²) in [4.78, 5) is 13.9. The van der Waals surface area contributed by atoms with Crippen molar-refractivity contribution in [2.24, 2.45) is 5.41 Å². The molecule has 0 saturated carbocycles. The van der Waals surface area contributed by atoms with E-state index in [0.717, 1.165) is 5.69 Å². The molecule has 0 aliphatic carbocycles. The van der Waals surface area contributed by atoms with E-state index in [4.69, 9.17) is 16.7 Å². The third kappa shape index (κ3) is 5.81. The predicted octanol–water partition coefficient (Wildman–Crippen LogP) is 2.94. The van der Waals surface area contributed by atoms with Crippen LogP contribution in [0.2, 0.25) is 5.02 Å². The molecule has 1 rings (SSSR count). The Kier molecular flexibility index (Phi) is 6.30. The normalized spacial score (nSPS) is 11.1. The van der Waals surface area contributed by atoms with Crippen LogP contribution in [-0.4, -0.2) is 38.4 Å². The second-order valence-electron chi connectivity index (χ2n) is 6.00. The highest BCUT2D eigenvalue weighted by Gasteiger charge is 2.18. The van der Waals surface area contributed by atoms with Crippen LogP contribution in [0.3, 0.4) is 0 Å². The number of hydrogen-bond acceptors (Lipinski definition) is 3.